The molecule has 2 heteroatoms. The molecule has 0 aliphatic heterocycles. The fourth-order valence-corrected chi connectivity index (χ4v) is 2.58. The third-order valence-corrected chi connectivity index (χ3v) is 3.75. The summed E-state index contributed by atoms with van der Waals surface area (Å²) in [7, 11) is 0. The molecule has 1 aliphatic carbocycles. The van der Waals surface area contributed by atoms with Gasteiger partial charge >= 0.3 is 0 Å². The second kappa shape index (κ2) is 8.68. The van der Waals surface area contributed by atoms with Crippen LogP contribution in [0.4, 0.5) is 0 Å². The van der Waals surface area contributed by atoms with E-state index in [0.717, 1.165) is 36.8 Å². The van der Waals surface area contributed by atoms with Crippen molar-refractivity contribution in [2.24, 2.45) is 0 Å². The second-order valence-electron chi connectivity index (χ2n) is 5.30. The standard InChI is InChI=1S/C17H22O2.C2H6/c1-12-10-16(11-13(2)17(12)19)15-7-5-14(6-8-15)4-3-9-18;1-2/h5,7,10-11,18-19H,3-4,6,8-9H2,1-2H3;1-2H3. The minimum Gasteiger partial charge on any atom is -0.507 e. The van der Waals surface area contributed by atoms with E-state index >= 15 is 0 Å². The van der Waals surface area contributed by atoms with Crippen LogP contribution in [0.15, 0.2) is 29.9 Å². The average Bonchev–Trinajstić information content (AvgIpc) is 2.52. The molecule has 0 aromatic heterocycles. The summed E-state index contributed by atoms with van der Waals surface area (Å²) in [5.74, 6) is 0.402. The number of phenols is 1. The minimum absolute atomic E-state index is 0.268. The molecule has 0 unspecified atom stereocenters. The van der Waals surface area contributed by atoms with Gasteiger partial charge in [-0.05, 0) is 73.9 Å². The monoisotopic (exact) mass is 288 g/mol. The zero-order chi connectivity index (χ0) is 15.8. The maximum atomic E-state index is 9.81. The van der Waals surface area contributed by atoms with Gasteiger partial charge in [-0.1, -0.05) is 31.6 Å². The molecule has 116 valence electrons. The molecule has 1 aromatic carbocycles. The number of allylic oxidation sites excluding steroid dienone is 4. The molecule has 0 saturated heterocycles. The molecule has 1 aliphatic rings. The predicted molar refractivity (Wildman–Crippen MR) is 90.5 cm³/mol. The number of hydrogen-bond donors (Lipinski definition) is 2. The molecule has 0 saturated carbocycles. The summed E-state index contributed by atoms with van der Waals surface area (Å²) in [5.41, 5.74) is 5.84. The molecule has 2 rings (SSSR count). The van der Waals surface area contributed by atoms with Crippen LogP contribution in [0.1, 0.15) is 56.2 Å². The lowest BCUT2D eigenvalue weighted by molar-refractivity contribution is 0.288. The van der Waals surface area contributed by atoms with E-state index in [0.29, 0.717) is 5.75 Å². The highest BCUT2D eigenvalue weighted by atomic mass is 16.3. The van der Waals surface area contributed by atoms with Gasteiger partial charge < -0.3 is 10.2 Å². The molecule has 0 heterocycles. The molecule has 0 radical (unpaired) electrons. The van der Waals surface area contributed by atoms with E-state index in [4.69, 9.17) is 5.11 Å². The van der Waals surface area contributed by atoms with Crippen LogP contribution >= 0.6 is 0 Å². The number of aromatic hydroxyl groups is 1. The Bertz CT molecular complexity index is 501. The second-order valence-corrected chi connectivity index (χ2v) is 5.30. The Morgan fingerprint density at radius 2 is 1.62 bits per heavy atom. The molecular weight excluding hydrogens is 260 g/mol. The normalized spacial score (nSPS) is 14.0. The lowest BCUT2D eigenvalue weighted by atomic mass is 9.90. The highest BCUT2D eigenvalue weighted by Crippen LogP contribution is 2.32. The van der Waals surface area contributed by atoms with Crippen LogP contribution in [-0.2, 0) is 0 Å². The van der Waals surface area contributed by atoms with E-state index in [9.17, 15) is 5.11 Å². The van der Waals surface area contributed by atoms with Crippen molar-refractivity contribution in [3.8, 4) is 5.75 Å². The quantitative estimate of drug-likeness (QED) is 0.826. The topological polar surface area (TPSA) is 40.5 Å². The fourth-order valence-electron chi connectivity index (χ4n) is 2.58. The molecule has 0 atom stereocenters. The van der Waals surface area contributed by atoms with Crippen molar-refractivity contribution in [1.82, 2.24) is 0 Å². The Hall–Kier alpha value is -1.54. The lowest BCUT2D eigenvalue weighted by Crippen LogP contribution is -1.96. The van der Waals surface area contributed by atoms with E-state index in [1.165, 1.54) is 16.7 Å². The fraction of sp³-hybridized carbons (Fsp3) is 0.474. The van der Waals surface area contributed by atoms with Crippen molar-refractivity contribution in [3.05, 3.63) is 46.5 Å². The largest absolute Gasteiger partial charge is 0.507 e. The van der Waals surface area contributed by atoms with E-state index in [2.05, 4.69) is 24.3 Å². The molecule has 21 heavy (non-hydrogen) atoms. The summed E-state index contributed by atoms with van der Waals surface area (Å²) >= 11 is 0. The molecule has 2 N–H and O–H groups in total. The van der Waals surface area contributed by atoms with Gasteiger partial charge in [0, 0.05) is 6.61 Å². The number of hydrogen-bond acceptors (Lipinski definition) is 2. The van der Waals surface area contributed by atoms with Crippen molar-refractivity contribution in [2.45, 2.75) is 53.4 Å². The van der Waals surface area contributed by atoms with Crippen molar-refractivity contribution in [1.29, 1.82) is 0 Å². The smallest absolute Gasteiger partial charge is 0.121 e. The molecule has 0 spiro atoms. The third kappa shape index (κ3) is 4.75. The summed E-state index contributed by atoms with van der Waals surface area (Å²) in [6.45, 7) is 8.15. The molecule has 2 nitrogen and oxygen atoms in total. The van der Waals surface area contributed by atoms with Gasteiger partial charge in [-0.25, -0.2) is 0 Å². The Morgan fingerprint density at radius 3 is 2.10 bits per heavy atom. The predicted octanol–water partition coefficient (Wildman–Crippen LogP) is 4.91. The Labute approximate surface area is 128 Å². The van der Waals surface area contributed by atoms with Crippen LogP contribution in [0, 0.1) is 13.8 Å². The molecule has 0 bridgehead atoms. The molecule has 1 aromatic rings. The zero-order valence-electron chi connectivity index (χ0n) is 13.7. The van der Waals surface area contributed by atoms with Crippen molar-refractivity contribution in [2.75, 3.05) is 6.61 Å². The van der Waals surface area contributed by atoms with E-state index in [-0.39, 0.29) is 6.61 Å². The van der Waals surface area contributed by atoms with Gasteiger partial charge in [0.05, 0.1) is 0 Å². The Morgan fingerprint density at radius 1 is 1.00 bits per heavy atom. The van der Waals surface area contributed by atoms with Gasteiger partial charge in [0.15, 0.2) is 0 Å². The van der Waals surface area contributed by atoms with Crippen molar-refractivity contribution >= 4 is 5.57 Å². The van der Waals surface area contributed by atoms with E-state index in [1.54, 1.807) is 0 Å². The minimum atomic E-state index is 0.268. The molecule has 0 fully saturated rings. The first-order chi connectivity index (χ1) is 10.1. The SMILES string of the molecule is CC.Cc1cc(C2=CC=C(CCCO)CC2)cc(C)c1O. The van der Waals surface area contributed by atoms with Crippen LogP contribution in [-0.4, -0.2) is 16.8 Å². The summed E-state index contributed by atoms with van der Waals surface area (Å²) in [4.78, 5) is 0. The number of phenolic OH excluding ortho intramolecular Hbond substituents is 1. The summed E-state index contributed by atoms with van der Waals surface area (Å²) in [5, 5.41) is 18.7. The first-order valence-corrected chi connectivity index (χ1v) is 7.92. The maximum absolute atomic E-state index is 9.81. The van der Waals surface area contributed by atoms with Gasteiger partial charge in [0.1, 0.15) is 5.75 Å². The van der Waals surface area contributed by atoms with Gasteiger partial charge in [-0.2, -0.15) is 0 Å². The van der Waals surface area contributed by atoms with Crippen LogP contribution in [0.3, 0.4) is 0 Å². The van der Waals surface area contributed by atoms with Crippen molar-refractivity contribution in [3.63, 3.8) is 0 Å². The highest BCUT2D eigenvalue weighted by molar-refractivity contribution is 5.70. The number of aryl methyl sites for hydroxylation is 2. The van der Waals surface area contributed by atoms with Gasteiger partial charge in [-0.15, -0.1) is 0 Å². The Kier molecular flexibility index (Phi) is 7.24. The van der Waals surface area contributed by atoms with Crippen LogP contribution in [0.25, 0.3) is 5.57 Å². The van der Waals surface area contributed by atoms with Gasteiger partial charge in [0.2, 0.25) is 0 Å². The van der Waals surface area contributed by atoms with E-state index < -0.39 is 0 Å². The lowest BCUT2D eigenvalue weighted by Gasteiger charge is -2.16. The maximum Gasteiger partial charge on any atom is 0.121 e. The zero-order valence-corrected chi connectivity index (χ0v) is 13.7. The third-order valence-electron chi connectivity index (χ3n) is 3.75. The summed E-state index contributed by atoms with van der Waals surface area (Å²) in [6, 6.07) is 4.11. The first kappa shape index (κ1) is 17.5. The summed E-state index contributed by atoms with van der Waals surface area (Å²) < 4.78 is 0. The first-order valence-electron chi connectivity index (χ1n) is 7.92. The Balaban J connectivity index is 0.00000106. The number of rotatable bonds is 4. The van der Waals surface area contributed by atoms with Gasteiger partial charge in [0.25, 0.3) is 0 Å². The molecular formula is C19H28O2. The van der Waals surface area contributed by atoms with Crippen LogP contribution in [0.2, 0.25) is 0 Å². The molecule has 0 amide bonds. The number of aliphatic hydroxyl groups excluding tert-OH is 1. The number of benzene rings is 1. The summed E-state index contributed by atoms with van der Waals surface area (Å²) in [6.07, 6.45) is 8.33. The van der Waals surface area contributed by atoms with E-state index in [1.807, 2.05) is 27.7 Å². The van der Waals surface area contributed by atoms with Crippen LogP contribution in [0.5, 0.6) is 5.75 Å². The highest BCUT2D eigenvalue weighted by Gasteiger charge is 2.11. The average molecular weight is 288 g/mol. The van der Waals surface area contributed by atoms with Gasteiger partial charge in [-0.3, -0.25) is 0 Å². The van der Waals surface area contributed by atoms with Crippen molar-refractivity contribution < 1.29 is 10.2 Å². The number of aliphatic hydroxyl groups is 1. The van der Waals surface area contributed by atoms with Crippen LogP contribution < -0.4 is 0 Å².